The third-order valence-electron chi connectivity index (χ3n) is 2.74. The number of carbonyl (C=O) groups excluding carboxylic acids is 2. The Labute approximate surface area is 114 Å². The third kappa shape index (κ3) is 3.33. The highest BCUT2D eigenvalue weighted by molar-refractivity contribution is 7.80. The van der Waals surface area contributed by atoms with Gasteiger partial charge in [0.15, 0.2) is 0 Å². The van der Waals surface area contributed by atoms with Crippen molar-refractivity contribution >= 4 is 29.0 Å². The lowest BCUT2D eigenvalue weighted by atomic mass is 10.1. The van der Waals surface area contributed by atoms with Crippen LogP contribution < -0.4 is 11.1 Å². The Kier molecular flexibility index (Phi) is 3.87. The highest BCUT2D eigenvalue weighted by atomic mass is 32.1. The summed E-state index contributed by atoms with van der Waals surface area (Å²) in [5.74, 6) is -1.21. The lowest BCUT2D eigenvalue weighted by Crippen LogP contribution is -2.50. The maximum atomic E-state index is 13.8. The van der Waals surface area contributed by atoms with Gasteiger partial charge in [0.05, 0.1) is 13.1 Å². The molecular weight excluding hydrogens is 269 g/mol. The van der Waals surface area contributed by atoms with Gasteiger partial charge in [0.1, 0.15) is 10.8 Å². The van der Waals surface area contributed by atoms with Crippen LogP contribution >= 0.6 is 12.2 Å². The molecule has 100 valence electrons. The van der Waals surface area contributed by atoms with Gasteiger partial charge in [0, 0.05) is 17.7 Å². The number of hydrogen-bond donors (Lipinski definition) is 2. The molecule has 0 spiro atoms. The average molecular weight is 281 g/mol. The fraction of sp³-hybridized carbons (Fsp3) is 0.250. The Balaban J connectivity index is 2.13. The predicted octanol–water partition coefficient (Wildman–Crippen LogP) is -0.0817. The number of benzene rings is 1. The van der Waals surface area contributed by atoms with E-state index >= 15 is 0 Å². The zero-order chi connectivity index (χ0) is 14.0. The summed E-state index contributed by atoms with van der Waals surface area (Å²) in [6, 6.07) is 4.43. The summed E-state index contributed by atoms with van der Waals surface area (Å²) < 4.78 is 13.8. The molecule has 1 saturated heterocycles. The number of halogens is 1. The summed E-state index contributed by atoms with van der Waals surface area (Å²) in [5, 5.41) is 2.19. The number of carbonyl (C=O) groups is 2. The van der Waals surface area contributed by atoms with E-state index in [4.69, 9.17) is 18.0 Å². The van der Waals surface area contributed by atoms with Crippen molar-refractivity contribution in [2.75, 3.05) is 13.1 Å². The maximum Gasteiger partial charge on any atom is 0.240 e. The maximum absolute atomic E-state index is 13.8. The zero-order valence-corrected chi connectivity index (χ0v) is 10.8. The highest BCUT2D eigenvalue weighted by Crippen LogP contribution is 2.13. The quantitative estimate of drug-likeness (QED) is 0.598. The first-order valence-electron chi connectivity index (χ1n) is 5.59. The normalized spacial score (nSPS) is 16.3. The van der Waals surface area contributed by atoms with Crippen LogP contribution in [0.3, 0.4) is 0 Å². The van der Waals surface area contributed by atoms with Crippen LogP contribution in [0.25, 0.3) is 0 Å². The monoisotopic (exact) mass is 281 g/mol. The summed E-state index contributed by atoms with van der Waals surface area (Å²) in [5.41, 5.74) is 6.25. The summed E-state index contributed by atoms with van der Waals surface area (Å²) in [7, 11) is 0. The topological polar surface area (TPSA) is 75.4 Å². The van der Waals surface area contributed by atoms with Crippen molar-refractivity contribution in [3.8, 4) is 0 Å². The second-order valence-corrected chi connectivity index (χ2v) is 4.73. The van der Waals surface area contributed by atoms with E-state index in [1.807, 2.05) is 0 Å². The van der Waals surface area contributed by atoms with E-state index in [1.165, 1.54) is 6.07 Å². The van der Waals surface area contributed by atoms with Crippen molar-refractivity contribution in [1.82, 2.24) is 10.2 Å². The van der Waals surface area contributed by atoms with E-state index < -0.39 is 5.82 Å². The zero-order valence-electron chi connectivity index (χ0n) is 9.98. The molecule has 0 saturated carbocycles. The van der Waals surface area contributed by atoms with Gasteiger partial charge in [-0.15, -0.1) is 0 Å². The Morgan fingerprint density at radius 3 is 2.53 bits per heavy atom. The molecule has 3 N–H and O–H groups in total. The van der Waals surface area contributed by atoms with Crippen LogP contribution in [0.5, 0.6) is 0 Å². The molecule has 0 aliphatic carbocycles. The van der Waals surface area contributed by atoms with E-state index in [0.717, 1.165) is 0 Å². The van der Waals surface area contributed by atoms with Crippen LogP contribution in [0.2, 0.25) is 0 Å². The molecule has 0 bridgehead atoms. The molecular formula is C12H12FN3O2S. The second kappa shape index (κ2) is 5.41. The standard InChI is InChI=1S/C12H12FN3O2S/c13-9-3-7(12(14)19)1-2-8(9)4-16-5-10(17)15-11(18)6-16/h1-3H,4-6H2,(H2,14,19)(H,15,17,18). The summed E-state index contributed by atoms with van der Waals surface area (Å²) >= 11 is 4.76. The Morgan fingerprint density at radius 1 is 1.37 bits per heavy atom. The van der Waals surface area contributed by atoms with Gasteiger partial charge < -0.3 is 5.73 Å². The van der Waals surface area contributed by atoms with Gasteiger partial charge >= 0.3 is 0 Å². The molecule has 1 aliphatic heterocycles. The van der Waals surface area contributed by atoms with Crippen molar-refractivity contribution < 1.29 is 14.0 Å². The number of rotatable bonds is 3. The van der Waals surface area contributed by atoms with Gasteiger partial charge in [0.2, 0.25) is 11.8 Å². The van der Waals surface area contributed by atoms with E-state index in [1.54, 1.807) is 17.0 Å². The van der Waals surface area contributed by atoms with E-state index in [9.17, 15) is 14.0 Å². The van der Waals surface area contributed by atoms with Crippen LogP contribution in [0, 0.1) is 5.82 Å². The van der Waals surface area contributed by atoms with E-state index in [0.29, 0.717) is 11.1 Å². The average Bonchev–Trinajstić information content (AvgIpc) is 2.30. The highest BCUT2D eigenvalue weighted by Gasteiger charge is 2.23. The van der Waals surface area contributed by atoms with Gasteiger partial charge in [-0.25, -0.2) is 4.39 Å². The van der Waals surface area contributed by atoms with Gasteiger partial charge in [-0.2, -0.15) is 0 Å². The molecule has 2 rings (SSSR count). The molecule has 0 unspecified atom stereocenters. The first-order valence-corrected chi connectivity index (χ1v) is 6.00. The van der Waals surface area contributed by atoms with E-state index in [-0.39, 0.29) is 36.4 Å². The lowest BCUT2D eigenvalue weighted by molar-refractivity contribution is -0.136. The van der Waals surface area contributed by atoms with Crippen molar-refractivity contribution in [2.45, 2.75) is 6.54 Å². The summed E-state index contributed by atoms with van der Waals surface area (Å²) in [4.78, 5) is 24.1. The molecule has 7 heteroatoms. The number of imide groups is 1. The molecule has 1 aromatic carbocycles. The molecule has 19 heavy (non-hydrogen) atoms. The van der Waals surface area contributed by atoms with E-state index in [2.05, 4.69) is 5.32 Å². The first-order chi connectivity index (χ1) is 8.95. The summed E-state index contributed by atoms with van der Waals surface area (Å²) in [6.07, 6.45) is 0. The molecule has 0 radical (unpaired) electrons. The Morgan fingerprint density at radius 2 is 2.00 bits per heavy atom. The fourth-order valence-electron chi connectivity index (χ4n) is 1.88. The molecule has 1 fully saturated rings. The number of hydrogen-bond acceptors (Lipinski definition) is 4. The number of nitrogens with zero attached hydrogens (tertiary/aromatic N) is 1. The van der Waals surface area contributed by atoms with Gasteiger partial charge in [-0.1, -0.05) is 24.4 Å². The molecule has 5 nitrogen and oxygen atoms in total. The van der Waals surface area contributed by atoms with Crippen LogP contribution in [-0.2, 0) is 16.1 Å². The molecule has 0 aromatic heterocycles. The van der Waals surface area contributed by atoms with Gasteiger partial charge in [0.25, 0.3) is 0 Å². The molecule has 1 heterocycles. The van der Waals surface area contributed by atoms with Crippen LogP contribution in [0.4, 0.5) is 4.39 Å². The third-order valence-corrected chi connectivity index (χ3v) is 2.98. The molecule has 0 atom stereocenters. The SMILES string of the molecule is NC(=S)c1ccc(CN2CC(=O)NC(=O)C2)c(F)c1. The minimum Gasteiger partial charge on any atom is -0.389 e. The fourth-order valence-corrected chi connectivity index (χ4v) is 2.01. The molecule has 1 aliphatic rings. The number of nitrogens with one attached hydrogen (secondary N) is 1. The number of amides is 2. The Bertz CT molecular complexity index is 546. The second-order valence-electron chi connectivity index (χ2n) is 4.29. The van der Waals surface area contributed by atoms with Gasteiger partial charge in [-0.3, -0.25) is 19.8 Å². The van der Waals surface area contributed by atoms with Crippen molar-refractivity contribution in [2.24, 2.45) is 5.73 Å². The van der Waals surface area contributed by atoms with Crippen molar-refractivity contribution in [3.05, 3.63) is 35.1 Å². The smallest absolute Gasteiger partial charge is 0.240 e. The number of nitrogens with two attached hydrogens (primary N) is 1. The lowest BCUT2D eigenvalue weighted by Gasteiger charge is -2.25. The van der Waals surface area contributed by atoms with Crippen molar-refractivity contribution in [1.29, 1.82) is 0 Å². The van der Waals surface area contributed by atoms with Crippen LogP contribution in [0.15, 0.2) is 18.2 Å². The minimum atomic E-state index is -0.455. The molecule has 1 aromatic rings. The van der Waals surface area contributed by atoms with Crippen LogP contribution in [0.1, 0.15) is 11.1 Å². The first kappa shape index (κ1) is 13.6. The van der Waals surface area contributed by atoms with Crippen LogP contribution in [-0.4, -0.2) is 34.8 Å². The van der Waals surface area contributed by atoms with Crippen molar-refractivity contribution in [3.63, 3.8) is 0 Å². The number of piperazine rings is 1. The Hall–Kier alpha value is -1.86. The summed E-state index contributed by atoms with van der Waals surface area (Å²) in [6.45, 7) is 0.326. The minimum absolute atomic E-state index is 0.0717. The number of thiocarbonyl (C=S) groups is 1. The molecule has 2 amide bonds. The largest absolute Gasteiger partial charge is 0.389 e. The van der Waals surface area contributed by atoms with Gasteiger partial charge in [-0.05, 0) is 6.07 Å². The predicted molar refractivity (Wildman–Crippen MR) is 70.7 cm³/mol.